The van der Waals surface area contributed by atoms with Crippen LogP contribution in [0.1, 0.15) is 70.0 Å². The summed E-state index contributed by atoms with van der Waals surface area (Å²) in [6, 6.07) is -1.88. The van der Waals surface area contributed by atoms with Gasteiger partial charge < -0.3 is 42.3 Å². The molecule has 2 atom stereocenters. The van der Waals surface area contributed by atoms with E-state index in [9.17, 15) is 19.2 Å². The summed E-state index contributed by atoms with van der Waals surface area (Å²) < 4.78 is 10.3. The molecule has 37 heavy (non-hydrogen) atoms. The summed E-state index contributed by atoms with van der Waals surface area (Å²) in [5, 5.41) is 7.63. The molecular weight excluding hydrogens is 484 g/mol. The van der Waals surface area contributed by atoms with Crippen LogP contribution in [0.5, 0.6) is 0 Å². The molecule has 1 aromatic rings. The largest absolute Gasteiger partial charge is 0.444 e. The van der Waals surface area contributed by atoms with Crippen molar-refractivity contribution in [2.75, 3.05) is 19.6 Å². The third kappa shape index (κ3) is 13.8. The fourth-order valence-electron chi connectivity index (χ4n) is 3.19. The minimum absolute atomic E-state index is 0.0834. The molecule has 0 bridgehead atoms. The van der Waals surface area contributed by atoms with Crippen LogP contribution in [0, 0.1) is 0 Å². The summed E-state index contributed by atoms with van der Waals surface area (Å²) >= 11 is 0. The van der Waals surface area contributed by atoms with E-state index < -0.39 is 47.9 Å². The van der Waals surface area contributed by atoms with Crippen molar-refractivity contribution in [2.45, 2.75) is 77.0 Å². The molecule has 1 rings (SSSR count). The summed E-state index contributed by atoms with van der Waals surface area (Å²) in [4.78, 5) is 58.0. The lowest BCUT2D eigenvalue weighted by molar-refractivity contribution is -0.127. The fraction of sp³-hybridized carbons (Fsp3) is 0.652. The van der Waals surface area contributed by atoms with Crippen molar-refractivity contribution in [3.05, 3.63) is 18.4 Å². The highest BCUT2D eigenvalue weighted by Crippen LogP contribution is 2.10. The summed E-state index contributed by atoms with van der Waals surface area (Å²) in [5.74, 6) is -1.94. The molecule has 9 N–H and O–H groups in total. The van der Waals surface area contributed by atoms with Crippen LogP contribution in [0.15, 0.2) is 21.9 Å². The second-order valence-corrected chi connectivity index (χ2v) is 9.33. The lowest BCUT2D eigenvalue weighted by atomic mass is 10.1. The molecule has 14 heteroatoms. The monoisotopic (exact) mass is 524 g/mol. The zero-order valence-corrected chi connectivity index (χ0v) is 21.7. The van der Waals surface area contributed by atoms with Crippen molar-refractivity contribution >= 4 is 29.7 Å². The third-order valence-electron chi connectivity index (χ3n) is 4.87. The molecule has 1 aromatic heterocycles. The van der Waals surface area contributed by atoms with E-state index >= 15 is 0 Å². The topological polar surface area (TPSA) is 230 Å². The number of Topliss-reactive ketones (excluding diaryl/α,β-unsaturated/α-hetero) is 1. The Hall–Kier alpha value is -3.68. The first-order valence-electron chi connectivity index (χ1n) is 12.2. The van der Waals surface area contributed by atoms with E-state index in [2.05, 4.69) is 25.9 Å². The molecular formula is C23H40N8O6. The molecule has 0 aliphatic carbocycles. The van der Waals surface area contributed by atoms with E-state index in [1.807, 2.05) is 0 Å². The molecule has 0 aromatic carbocycles. The van der Waals surface area contributed by atoms with Crippen LogP contribution in [0.4, 0.5) is 4.79 Å². The van der Waals surface area contributed by atoms with Crippen molar-refractivity contribution in [1.82, 2.24) is 20.9 Å². The minimum Gasteiger partial charge on any atom is -0.444 e. The Bertz CT molecular complexity index is 894. The molecule has 208 valence electrons. The normalized spacial score (nSPS) is 12.6. The van der Waals surface area contributed by atoms with Gasteiger partial charge in [0.2, 0.25) is 17.6 Å². The number of aliphatic imine (C=N–C) groups is 1. The van der Waals surface area contributed by atoms with Gasteiger partial charge in [-0.1, -0.05) is 12.8 Å². The lowest BCUT2D eigenvalue weighted by Gasteiger charge is -2.23. The van der Waals surface area contributed by atoms with Gasteiger partial charge >= 0.3 is 6.09 Å². The van der Waals surface area contributed by atoms with E-state index in [0.717, 1.165) is 12.8 Å². The number of hydrogen-bond donors (Lipinski definition) is 6. The molecule has 0 aliphatic heterocycles. The number of nitrogens with one attached hydrogen (secondary N) is 3. The molecule has 0 radical (unpaired) electrons. The second-order valence-electron chi connectivity index (χ2n) is 9.33. The van der Waals surface area contributed by atoms with Gasteiger partial charge in [-0.3, -0.25) is 19.4 Å². The Labute approximate surface area is 216 Å². The van der Waals surface area contributed by atoms with Crippen LogP contribution in [-0.2, 0) is 14.3 Å². The first-order chi connectivity index (χ1) is 17.4. The maximum Gasteiger partial charge on any atom is 0.408 e. The van der Waals surface area contributed by atoms with E-state index in [0.29, 0.717) is 25.8 Å². The van der Waals surface area contributed by atoms with Crippen LogP contribution in [0.2, 0.25) is 0 Å². The molecule has 0 spiro atoms. The second kappa shape index (κ2) is 16.1. The van der Waals surface area contributed by atoms with Crippen LogP contribution < -0.4 is 33.2 Å². The van der Waals surface area contributed by atoms with Crippen LogP contribution >= 0.6 is 0 Å². The number of rotatable bonds is 16. The molecule has 14 nitrogen and oxygen atoms in total. The van der Waals surface area contributed by atoms with Gasteiger partial charge in [0, 0.05) is 6.54 Å². The van der Waals surface area contributed by atoms with E-state index in [1.165, 1.54) is 12.5 Å². The average Bonchev–Trinajstić information content (AvgIpc) is 3.34. The highest BCUT2D eigenvalue weighted by atomic mass is 16.6. The predicted octanol–water partition coefficient (Wildman–Crippen LogP) is -0.0757. The minimum atomic E-state index is -0.968. The quantitative estimate of drug-likeness (QED) is 0.0729. The average molecular weight is 525 g/mol. The zero-order chi connectivity index (χ0) is 27.8. The molecule has 0 saturated carbocycles. The number of aromatic nitrogens is 1. The number of carbonyl (C=O) groups is 4. The number of alkyl carbamates (subject to hydrolysis) is 1. The SMILES string of the molecule is CC(C)(C)OC(=O)N[C@H](CCCCCN)C(=O)NCC(=O)N[C@@H](CCCN=C(N)N)C(=O)c1ncco1. The van der Waals surface area contributed by atoms with Gasteiger partial charge in [0.15, 0.2) is 5.96 Å². The smallest absolute Gasteiger partial charge is 0.408 e. The van der Waals surface area contributed by atoms with Crippen molar-refractivity contribution in [3.8, 4) is 0 Å². The highest BCUT2D eigenvalue weighted by molar-refractivity contribution is 5.99. The first kappa shape index (κ1) is 31.4. The number of hydrogen-bond acceptors (Lipinski definition) is 9. The Morgan fingerprint density at radius 3 is 2.35 bits per heavy atom. The number of carbonyl (C=O) groups excluding carboxylic acids is 4. The zero-order valence-electron chi connectivity index (χ0n) is 21.7. The molecule has 0 unspecified atom stereocenters. The van der Waals surface area contributed by atoms with E-state index in [-0.39, 0.29) is 24.8 Å². The standard InChI is InChI=1S/C23H40N8O6/c1-23(2,3)37-22(35)31-16(8-5-4-6-10-24)19(34)29-14-17(32)30-15(9-7-11-28-21(25)26)18(33)20-27-12-13-36-20/h12-13,15-16H,4-11,14,24H2,1-3H3,(H,29,34)(H,30,32)(H,31,35)(H4,25,26,28)/t15-,16+/m0/s1. The molecule has 1 heterocycles. The Morgan fingerprint density at radius 1 is 1.05 bits per heavy atom. The number of ketones is 1. The van der Waals surface area contributed by atoms with Gasteiger partial charge in [-0.05, 0) is 53.0 Å². The molecule has 0 fully saturated rings. The number of amides is 3. The fourth-order valence-corrected chi connectivity index (χ4v) is 3.19. The number of unbranched alkanes of at least 4 members (excludes halogenated alkanes) is 2. The summed E-state index contributed by atoms with van der Waals surface area (Å²) in [7, 11) is 0. The summed E-state index contributed by atoms with van der Waals surface area (Å²) in [6.45, 7) is 5.49. The number of nitrogens with zero attached hydrogens (tertiary/aromatic N) is 2. The van der Waals surface area contributed by atoms with Gasteiger partial charge in [0.05, 0.1) is 18.8 Å². The summed E-state index contributed by atoms with van der Waals surface area (Å²) in [5.41, 5.74) is 15.4. The van der Waals surface area contributed by atoms with Crippen molar-refractivity contribution in [1.29, 1.82) is 0 Å². The van der Waals surface area contributed by atoms with Gasteiger partial charge in [-0.15, -0.1) is 0 Å². The van der Waals surface area contributed by atoms with E-state index in [4.69, 9.17) is 26.4 Å². The van der Waals surface area contributed by atoms with Gasteiger partial charge in [0.1, 0.15) is 17.9 Å². The Kier molecular flexibility index (Phi) is 13.7. The lowest BCUT2D eigenvalue weighted by Crippen LogP contribution is -2.51. The first-order valence-corrected chi connectivity index (χ1v) is 12.2. The van der Waals surface area contributed by atoms with Crippen LogP contribution in [0.3, 0.4) is 0 Å². The van der Waals surface area contributed by atoms with Gasteiger partial charge in [0.25, 0.3) is 5.89 Å². The van der Waals surface area contributed by atoms with Crippen molar-refractivity contribution in [3.63, 3.8) is 0 Å². The maximum absolute atomic E-state index is 12.8. The Balaban J connectivity index is 2.74. The predicted molar refractivity (Wildman–Crippen MR) is 136 cm³/mol. The number of nitrogens with two attached hydrogens (primary N) is 3. The number of ether oxygens (including phenoxy) is 1. The number of guanidine groups is 1. The number of oxazole rings is 1. The Morgan fingerprint density at radius 2 is 1.76 bits per heavy atom. The van der Waals surface area contributed by atoms with Crippen LogP contribution in [0.25, 0.3) is 0 Å². The maximum atomic E-state index is 12.8. The van der Waals surface area contributed by atoms with Crippen molar-refractivity contribution in [2.24, 2.45) is 22.2 Å². The summed E-state index contributed by atoms with van der Waals surface area (Å²) in [6.07, 6.45) is 4.96. The van der Waals surface area contributed by atoms with Gasteiger partial charge in [-0.25, -0.2) is 9.78 Å². The molecule has 3 amide bonds. The molecule has 0 aliphatic rings. The highest BCUT2D eigenvalue weighted by Gasteiger charge is 2.27. The van der Waals surface area contributed by atoms with Crippen LogP contribution in [-0.4, -0.2) is 72.0 Å². The van der Waals surface area contributed by atoms with E-state index in [1.54, 1.807) is 20.8 Å². The van der Waals surface area contributed by atoms with Crippen molar-refractivity contribution < 1.29 is 28.3 Å². The van der Waals surface area contributed by atoms with Gasteiger partial charge in [-0.2, -0.15) is 0 Å². The third-order valence-corrected chi connectivity index (χ3v) is 4.87. The molecule has 0 saturated heterocycles.